The highest BCUT2D eigenvalue weighted by Gasteiger charge is 1.92. The third kappa shape index (κ3) is 0.716. The molecule has 2 nitrogen and oxygen atoms in total. The fourth-order valence-electron chi connectivity index (χ4n) is 0.442. The lowest BCUT2D eigenvalue weighted by Crippen LogP contribution is -2.21. The second-order valence-corrected chi connectivity index (χ2v) is 2.91. The van der Waals surface area contributed by atoms with E-state index in [1.165, 1.54) is 12.3 Å². The first-order valence-corrected chi connectivity index (χ1v) is 3.96. The summed E-state index contributed by atoms with van der Waals surface area (Å²) in [6.45, 7) is 0. The van der Waals surface area contributed by atoms with Crippen LogP contribution in [0, 0.1) is 0 Å². The molecule has 0 bridgehead atoms. The number of hydrogen-bond donors (Lipinski definition) is 2. The Morgan fingerprint density at radius 3 is 2.00 bits per heavy atom. The molecule has 3 heteroatoms. The third-order valence-electron chi connectivity index (χ3n) is 0.729. The summed E-state index contributed by atoms with van der Waals surface area (Å²) in [7, 11) is 0.321. The second kappa shape index (κ2) is 1.54. The highest BCUT2D eigenvalue weighted by Crippen LogP contribution is 1.59. The van der Waals surface area contributed by atoms with Crippen molar-refractivity contribution in [3.8, 4) is 0 Å². The van der Waals surface area contributed by atoms with E-state index in [1.807, 2.05) is 0 Å². The molecule has 0 atom stereocenters. The van der Waals surface area contributed by atoms with Crippen LogP contribution >= 0.6 is 0 Å². The van der Waals surface area contributed by atoms with Crippen LogP contribution in [0.15, 0.2) is 0 Å². The molecule has 0 aromatic carbocycles. The summed E-state index contributed by atoms with van der Waals surface area (Å²) in [6, 6.07) is 0. The average Bonchev–Trinajstić information content (AvgIpc) is 1.76. The van der Waals surface area contributed by atoms with E-state index in [2.05, 4.69) is 10.9 Å². The maximum absolute atomic E-state index is 3.03. The molecular formula is C2H8N2Si. The summed E-state index contributed by atoms with van der Waals surface area (Å²) < 4.78 is 0. The van der Waals surface area contributed by atoms with Crippen LogP contribution in [0.1, 0.15) is 0 Å². The Morgan fingerprint density at radius 2 is 1.80 bits per heavy atom. The Kier molecular flexibility index (Phi) is 1.03. The number of rotatable bonds is 0. The van der Waals surface area contributed by atoms with Crippen LogP contribution in [-0.4, -0.2) is 21.9 Å². The molecular weight excluding hydrogens is 80.1 g/mol. The molecule has 0 saturated carbocycles. The van der Waals surface area contributed by atoms with Gasteiger partial charge < -0.3 is 0 Å². The molecule has 1 saturated heterocycles. The topological polar surface area (TPSA) is 24.1 Å². The molecule has 1 aliphatic rings. The van der Waals surface area contributed by atoms with E-state index in [9.17, 15) is 0 Å². The molecule has 0 aliphatic carbocycles. The summed E-state index contributed by atoms with van der Waals surface area (Å²) in [5.74, 6) is 0. The van der Waals surface area contributed by atoms with Crippen molar-refractivity contribution in [1.29, 1.82) is 0 Å². The normalized spacial score (nSPS) is 24.0. The Hall–Kier alpha value is 0.137. The van der Waals surface area contributed by atoms with Crippen LogP contribution in [0.5, 0.6) is 0 Å². The number of hydrazine groups is 1. The van der Waals surface area contributed by atoms with Gasteiger partial charge in [0.15, 0.2) is 0 Å². The van der Waals surface area contributed by atoms with Gasteiger partial charge in [0.2, 0.25) is 0 Å². The quantitative estimate of drug-likeness (QED) is 0.341. The van der Waals surface area contributed by atoms with Crippen molar-refractivity contribution < 1.29 is 0 Å². The molecule has 0 amide bonds. The van der Waals surface area contributed by atoms with Crippen molar-refractivity contribution in [2.24, 2.45) is 0 Å². The van der Waals surface area contributed by atoms with Crippen molar-refractivity contribution in [3.63, 3.8) is 0 Å². The zero-order chi connectivity index (χ0) is 3.54. The smallest absolute Gasteiger partial charge is 0.0563 e. The zero-order valence-electron chi connectivity index (χ0n) is 3.12. The fourth-order valence-corrected chi connectivity index (χ4v) is 1.33. The SMILES string of the molecule is C1NNC[SiH2]1. The maximum Gasteiger partial charge on any atom is 0.0563 e. The molecule has 5 heavy (non-hydrogen) atoms. The minimum Gasteiger partial charge on any atom is -0.262 e. The standard InChI is InChI=1S/C2H8N2Si/c1-3-4-2-5-1/h3-4H,1-2,5H2. The van der Waals surface area contributed by atoms with E-state index in [1.54, 1.807) is 0 Å². The number of nitrogens with one attached hydrogen (secondary N) is 2. The summed E-state index contributed by atoms with van der Waals surface area (Å²) in [4.78, 5) is 0. The van der Waals surface area contributed by atoms with Crippen LogP contribution in [0.2, 0.25) is 0 Å². The highest BCUT2D eigenvalue weighted by atomic mass is 28.2. The highest BCUT2D eigenvalue weighted by molar-refractivity contribution is 6.36. The summed E-state index contributed by atoms with van der Waals surface area (Å²) in [6.07, 6.45) is 2.56. The van der Waals surface area contributed by atoms with E-state index in [0.29, 0.717) is 9.52 Å². The Bertz CT molecular complexity index is 19.2. The lowest BCUT2D eigenvalue weighted by Gasteiger charge is -1.81. The fraction of sp³-hybridized carbons (Fsp3) is 1.00. The van der Waals surface area contributed by atoms with Gasteiger partial charge >= 0.3 is 0 Å². The first-order valence-electron chi connectivity index (χ1n) is 1.96. The van der Waals surface area contributed by atoms with Gasteiger partial charge in [0.1, 0.15) is 0 Å². The van der Waals surface area contributed by atoms with Crippen LogP contribution < -0.4 is 10.9 Å². The van der Waals surface area contributed by atoms with Gasteiger partial charge in [-0.25, -0.2) is 0 Å². The second-order valence-electron chi connectivity index (χ2n) is 1.21. The third-order valence-corrected chi connectivity index (χ3v) is 1.94. The van der Waals surface area contributed by atoms with Crippen LogP contribution in [0.4, 0.5) is 0 Å². The van der Waals surface area contributed by atoms with E-state index in [-0.39, 0.29) is 0 Å². The van der Waals surface area contributed by atoms with Crippen molar-refractivity contribution in [2.45, 2.75) is 0 Å². The molecule has 2 N–H and O–H groups in total. The van der Waals surface area contributed by atoms with Gasteiger partial charge in [0.25, 0.3) is 0 Å². The van der Waals surface area contributed by atoms with E-state index in [0.717, 1.165) is 0 Å². The molecule has 0 aromatic heterocycles. The molecule has 1 rings (SSSR count). The Labute approximate surface area is 33.7 Å². The molecule has 1 aliphatic heterocycles. The zero-order valence-corrected chi connectivity index (χ0v) is 4.54. The van der Waals surface area contributed by atoms with Gasteiger partial charge in [-0.05, 0) is 12.3 Å². The summed E-state index contributed by atoms with van der Waals surface area (Å²) in [5, 5.41) is 0. The Balaban J connectivity index is 2.08. The first-order chi connectivity index (χ1) is 2.50. The van der Waals surface area contributed by atoms with E-state index < -0.39 is 0 Å². The van der Waals surface area contributed by atoms with E-state index in [4.69, 9.17) is 0 Å². The Morgan fingerprint density at radius 1 is 1.20 bits per heavy atom. The predicted molar refractivity (Wildman–Crippen MR) is 24.5 cm³/mol. The molecule has 0 radical (unpaired) electrons. The molecule has 0 unspecified atom stereocenters. The van der Waals surface area contributed by atoms with Crippen molar-refractivity contribution in [1.82, 2.24) is 10.9 Å². The maximum atomic E-state index is 3.03. The summed E-state index contributed by atoms with van der Waals surface area (Å²) >= 11 is 0. The lowest BCUT2D eigenvalue weighted by molar-refractivity contribution is 0.689. The van der Waals surface area contributed by atoms with Gasteiger partial charge in [-0.2, -0.15) is 0 Å². The molecule has 1 heterocycles. The van der Waals surface area contributed by atoms with Crippen LogP contribution in [0.25, 0.3) is 0 Å². The molecule has 0 spiro atoms. The van der Waals surface area contributed by atoms with Gasteiger partial charge in [-0.15, -0.1) is 0 Å². The average molecular weight is 88.2 g/mol. The van der Waals surface area contributed by atoms with Gasteiger partial charge in [-0.1, -0.05) is 0 Å². The largest absolute Gasteiger partial charge is 0.262 e. The first kappa shape index (κ1) is 3.33. The van der Waals surface area contributed by atoms with Crippen molar-refractivity contribution >= 4 is 9.52 Å². The lowest BCUT2D eigenvalue weighted by atomic mass is 11.4. The van der Waals surface area contributed by atoms with Gasteiger partial charge in [0.05, 0.1) is 9.52 Å². The summed E-state index contributed by atoms with van der Waals surface area (Å²) in [5.41, 5.74) is 6.07. The van der Waals surface area contributed by atoms with Crippen LogP contribution in [-0.2, 0) is 0 Å². The van der Waals surface area contributed by atoms with Crippen LogP contribution in [0.3, 0.4) is 0 Å². The minimum absolute atomic E-state index is 0.321. The van der Waals surface area contributed by atoms with Crippen molar-refractivity contribution in [3.05, 3.63) is 0 Å². The van der Waals surface area contributed by atoms with Gasteiger partial charge in [0, 0.05) is 0 Å². The minimum atomic E-state index is 0.321. The monoisotopic (exact) mass is 88.0 g/mol. The van der Waals surface area contributed by atoms with E-state index >= 15 is 0 Å². The number of hydrogen-bond acceptors (Lipinski definition) is 2. The predicted octanol–water partition coefficient (Wildman–Crippen LogP) is -1.82. The van der Waals surface area contributed by atoms with Crippen molar-refractivity contribution in [2.75, 3.05) is 12.3 Å². The molecule has 1 fully saturated rings. The molecule has 30 valence electrons. The molecule has 0 aromatic rings. The van der Waals surface area contributed by atoms with Gasteiger partial charge in [-0.3, -0.25) is 10.9 Å².